The van der Waals surface area contributed by atoms with E-state index in [1.165, 1.54) is 5.57 Å². The molecule has 82 valence electrons. The Morgan fingerprint density at radius 2 is 1.93 bits per heavy atom. The van der Waals surface area contributed by atoms with Crippen LogP contribution in [0.3, 0.4) is 0 Å². The Morgan fingerprint density at radius 1 is 1.33 bits per heavy atom. The van der Waals surface area contributed by atoms with E-state index in [0.29, 0.717) is 17.6 Å². The van der Waals surface area contributed by atoms with E-state index >= 15 is 0 Å². The van der Waals surface area contributed by atoms with Crippen LogP contribution in [0.5, 0.6) is 0 Å². The van der Waals surface area contributed by atoms with Crippen LogP contribution >= 0.6 is 0 Å². The summed E-state index contributed by atoms with van der Waals surface area (Å²) in [5.41, 5.74) is 3.14. The summed E-state index contributed by atoms with van der Waals surface area (Å²) in [6, 6.07) is 0. The minimum absolute atomic E-state index is 0.439. The molecule has 0 aromatic rings. The molecule has 0 spiro atoms. The van der Waals surface area contributed by atoms with Gasteiger partial charge in [0, 0.05) is 6.42 Å². The summed E-state index contributed by atoms with van der Waals surface area (Å²) in [6.45, 7) is 11.5. The van der Waals surface area contributed by atoms with Gasteiger partial charge in [0.2, 0.25) is 0 Å². The molecule has 0 bridgehead atoms. The summed E-state index contributed by atoms with van der Waals surface area (Å²) in [5, 5.41) is 19.4. The molecule has 2 heteroatoms. The van der Waals surface area contributed by atoms with E-state index in [0.717, 1.165) is 5.57 Å². The monoisotopic (exact) mass is 206 g/mol. The summed E-state index contributed by atoms with van der Waals surface area (Å²) in [7, 11) is 0. The second kappa shape index (κ2) is 4.60. The van der Waals surface area contributed by atoms with Crippen molar-refractivity contribution in [3.05, 3.63) is 47.6 Å². The first-order valence-corrected chi connectivity index (χ1v) is 5.01. The number of hydrogen-bond acceptors (Lipinski definition) is 2. The highest BCUT2D eigenvalue weighted by Gasteiger charge is 2.28. The van der Waals surface area contributed by atoms with Crippen LogP contribution in [-0.2, 0) is 0 Å². The Kier molecular flexibility index (Phi) is 3.66. The fraction of sp³-hybridized carbons (Fsp3) is 0.385. The molecule has 0 saturated heterocycles. The molecule has 1 fully saturated rings. The Bertz CT molecular complexity index is 344. The van der Waals surface area contributed by atoms with Crippen molar-refractivity contribution >= 4 is 0 Å². The van der Waals surface area contributed by atoms with E-state index in [1.807, 2.05) is 26.0 Å². The van der Waals surface area contributed by atoms with Gasteiger partial charge in [0.05, 0.1) is 6.10 Å². The quantitative estimate of drug-likeness (QED) is 0.645. The van der Waals surface area contributed by atoms with E-state index in [-0.39, 0.29) is 0 Å². The smallest absolute Gasteiger partial charge is 0.102 e. The molecule has 1 rings (SSSR count). The van der Waals surface area contributed by atoms with Gasteiger partial charge in [0.1, 0.15) is 6.10 Å². The van der Waals surface area contributed by atoms with Gasteiger partial charge >= 0.3 is 0 Å². The maximum Gasteiger partial charge on any atom is 0.102 e. The lowest BCUT2D eigenvalue weighted by Gasteiger charge is -2.29. The van der Waals surface area contributed by atoms with Crippen molar-refractivity contribution < 1.29 is 10.2 Å². The third kappa shape index (κ3) is 2.67. The van der Waals surface area contributed by atoms with Crippen molar-refractivity contribution in [2.75, 3.05) is 0 Å². The predicted molar refractivity (Wildman–Crippen MR) is 62.4 cm³/mol. The van der Waals surface area contributed by atoms with Crippen LogP contribution in [0.15, 0.2) is 47.6 Å². The van der Waals surface area contributed by atoms with Crippen molar-refractivity contribution in [1.29, 1.82) is 0 Å². The maximum absolute atomic E-state index is 9.73. The highest BCUT2D eigenvalue weighted by atomic mass is 16.3. The van der Waals surface area contributed by atoms with Gasteiger partial charge in [0.15, 0.2) is 0 Å². The van der Waals surface area contributed by atoms with Crippen molar-refractivity contribution in [2.45, 2.75) is 32.5 Å². The average molecular weight is 206 g/mol. The Balaban J connectivity index is 2.93. The van der Waals surface area contributed by atoms with Gasteiger partial charge in [-0.05, 0) is 30.6 Å². The first kappa shape index (κ1) is 12.0. The normalized spacial score (nSPS) is 29.5. The SMILES string of the molecule is C=C1/C(=C\C=C(C)C)C[C@@H](O)C(=C)[C@@H]1O. The molecule has 0 unspecified atom stereocenters. The molecule has 0 aromatic carbocycles. The number of allylic oxidation sites excluding steroid dienone is 3. The van der Waals surface area contributed by atoms with Crippen LogP contribution in [0.1, 0.15) is 20.3 Å². The van der Waals surface area contributed by atoms with Crippen LogP contribution in [0.25, 0.3) is 0 Å². The van der Waals surface area contributed by atoms with Gasteiger partial charge in [-0.25, -0.2) is 0 Å². The zero-order valence-electron chi connectivity index (χ0n) is 9.33. The zero-order valence-corrected chi connectivity index (χ0v) is 9.33. The Labute approximate surface area is 90.9 Å². The topological polar surface area (TPSA) is 40.5 Å². The first-order valence-electron chi connectivity index (χ1n) is 5.01. The van der Waals surface area contributed by atoms with Crippen molar-refractivity contribution in [3.8, 4) is 0 Å². The second-order valence-corrected chi connectivity index (χ2v) is 4.16. The van der Waals surface area contributed by atoms with Gasteiger partial charge in [-0.2, -0.15) is 0 Å². The van der Waals surface area contributed by atoms with Crippen LogP contribution in [0.4, 0.5) is 0 Å². The fourth-order valence-corrected chi connectivity index (χ4v) is 1.49. The summed E-state index contributed by atoms with van der Waals surface area (Å²) in [4.78, 5) is 0. The molecule has 1 aliphatic carbocycles. The minimum Gasteiger partial charge on any atom is -0.388 e. The summed E-state index contributed by atoms with van der Waals surface area (Å²) < 4.78 is 0. The Morgan fingerprint density at radius 3 is 2.47 bits per heavy atom. The second-order valence-electron chi connectivity index (χ2n) is 4.16. The van der Waals surface area contributed by atoms with Gasteiger partial charge in [-0.15, -0.1) is 0 Å². The molecule has 15 heavy (non-hydrogen) atoms. The third-order valence-electron chi connectivity index (χ3n) is 2.55. The standard InChI is InChI=1S/C13H18O2/c1-8(2)5-6-11-7-12(14)10(4)13(15)9(11)3/h5-6,12-15H,3-4,7H2,1-2H3/b11-6-/t12-,13-/m1/s1. The van der Waals surface area contributed by atoms with Crippen LogP contribution in [0.2, 0.25) is 0 Å². The molecule has 0 heterocycles. The summed E-state index contributed by atoms with van der Waals surface area (Å²) in [5.74, 6) is 0. The van der Waals surface area contributed by atoms with E-state index in [2.05, 4.69) is 13.2 Å². The molecule has 2 N–H and O–H groups in total. The molecule has 0 aromatic heterocycles. The van der Waals surface area contributed by atoms with Crippen LogP contribution in [-0.4, -0.2) is 22.4 Å². The van der Waals surface area contributed by atoms with E-state index in [1.54, 1.807) is 0 Å². The highest BCUT2D eigenvalue weighted by molar-refractivity contribution is 5.44. The molecule has 0 amide bonds. The lowest BCUT2D eigenvalue weighted by Crippen LogP contribution is -2.29. The third-order valence-corrected chi connectivity index (χ3v) is 2.55. The summed E-state index contributed by atoms with van der Waals surface area (Å²) in [6.07, 6.45) is 2.86. The first-order chi connectivity index (χ1) is 6.93. The Hall–Kier alpha value is -1.12. The number of rotatable bonds is 1. The van der Waals surface area contributed by atoms with Gasteiger partial charge in [0.25, 0.3) is 0 Å². The van der Waals surface area contributed by atoms with E-state index in [4.69, 9.17) is 0 Å². The lowest BCUT2D eigenvalue weighted by molar-refractivity contribution is 0.148. The average Bonchev–Trinajstić information content (AvgIpc) is 2.18. The molecule has 0 aliphatic heterocycles. The van der Waals surface area contributed by atoms with Crippen molar-refractivity contribution in [3.63, 3.8) is 0 Å². The molecule has 2 atom stereocenters. The van der Waals surface area contributed by atoms with E-state index in [9.17, 15) is 10.2 Å². The fourth-order valence-electron chi connectivity index (χ4n) is 1.49. The molecule has 0 radical (unpaired) electrons. The van der Waals surface area contributed by atoms with Gasteiger partial charge < -0.3 is 10.2 Å². The number of hydrogen-bond donors (Lipinski definition) is 2. The molecular weight excluding hydrogens is 188 g/mol. The summed E-state index contributed by atoms with van der Waals surface area (Å²) >= 11 is 0. The maximum atomic E-state index is 9.73. The molecule has 2 nitrogen and oxygen atoms in total. The zero-order chi connectivity index (χ0) is 11.6. The minimum atomic E-state index is -0.814. The number of aliphatic hydroxyl groups excluding tert-OH is 2. The lowest BCUT2D eigenvalue weighted by atomic mass is 9.83. The van der Waals surface area contributed by atoms with Crippen molar-refractivity contribution in [1.82, 2.24) is 0 Å². The number of aliphatic hydroxyl groups is 2. The van der Waals surface area contributed by atoms with Crippen molar-refractivity contribution in [2.24, 2.45) is 0 Å². The van der Waals surface area contributed by atoms with Gasteiger partial charge in [-0.3, -0.25) is 0 Å². The highest BCUT2D eigenvalue weighted by Crippen LogP contribution is 2.31. The van der Waals surface area contributed by atoms with Gasteiger partial charge in [-0.1, -0.05) is 30.9 Å². The predicted octanol–water partition coefficient (Wildman–Crippen LogP) is 2.12. The molecule has 1 aliphatic rings. The molecule has 1 saturated carbocycles. The molecular formula is C13H18O2. The largest absolute Gasteiger partial charge is 0.388 e. The van der Waals surface area contributed by atoms with E-state index < -0.39 is 12.2 Å². The van der Waals surface area contributed by atoms with Crippen LogP contribution in [0, 0.1) is 0 Å². The van der Waals surface area contributed by atoms with Crippen LogP contribution < -0.4 is 0 Å².